The Bertz CT molecular complexity index is 1100. The van der Waals surface area contributed by atoms with Crippen molar-refractivity contribution in [3.8, 4) is 0 Å². The number of esters is 1. The summed E-state index contributed by atoms with van der Waals surface area (Å²) in [7, 11) is -2.15. The number of carbonyl (C=O) groups excluding carboxylic acids is 3. The second kappa shape index (κ2) is 9.41. The summed E-state index contributed by atoms with van der Waals surface area (Å²) in [6.45, 7) is 2.00. The van der Waals surface area contributed by atoms with Gasteiger partial charge >= 0.3 is 5.97 Å². The molecule has 1 N–H and O–H groups in total. The van der Waals surface area contributed by atoms with Gasteiger partial charge in [0.2, 0.25) is 10.0 Å². The minimum Gasteiger partial charge on any atom is -0.452 e. The van der Waals surface area contributed by atoms with Crippen molar-refractivity contribution in [3.63, 3.8) is 0 Å². The predicted octanol–water partition coefficient (Wildman–Crippen LogP) is 0.468. The van der Waals surface area contributed by atoms with Crippen LogP contribution in [-0.4, -0.2) is 68.0 Å². The average molecular weight is 449 g/mol. The quantitative estimate of drug-likeness (QED) is 0.636. The number of amides is 2. The zero-order valence-electron chi connectivity index (χ0n) is 17.2. The minimum absolute atomic E-state index is 0.00723. The summed E-state index contributed by atoms with van der Waals surface area (Å²) in [6.07, 6.45) is 1.65. The first-order valence-electron chi connectivity index (χ1n) is 9.51. The van der Waals surface area contributed by atoms with Crippen molar-refractivity contribution >= 4 is 27.8 Å². The summed E-state index contributed by atoms with van der Waals surface area (Å²) in [5, 5.41) is 2.13. The maximum Gasteiger partial charge on any atom is 0.338 e. The molecule has 0 bridgehead atoms. The molecule has 166 valence electrons. The molecule has 1 saturated heterocycles. The molecule has 1 fully saturated rings. The van der Waals surface area contributed by atoms with Crippen LogP contribution in [0.1, 0.15) is 26.4 Å². The summed E-state index contributed by atoms with van der Waals surface area (Å²) in [5.74, 6) is -2.30. The topological polar surface area (TPSA) is 124 Å². The van der Waals surface area contributed by atoms with Gasteiger partial charge in [0.15, 0.2) is 6.61 Å². The summed E-state index contributed by atoms with van der Waals surface area (Å²) >= 11 is 0. The molecule has 0 saturated carbocycles. The van der Waals surface area contributed by atoms with Crippen molar-refractivity contribution < 1.29 is 32.3 Å². The Balaban J connectivity index is 1.65. The minimum atomic E-state index is -3.81. The normalized spacial score (nSPS) is 14.8. The van der Waals surface area contributed by atoms with Crippen LogP contribution in [-0.2, 0) is 31.3 Å². The first kappa shape index (κ1) is 22.7. The lowest BCUT2D eigenvalue weighted by Gasteiger charge is -2.26. The van der Waals surface area contributed by atoms with Crippen LogP contribution in [0.3, 0.4) is 0 Å². The van der Waals surface area contributed by atoms with Gasteiger partial charge in [0.1, 0.15) is 5.69 Å². The number of nitrogens with zero attached hydrogens (tertiary/aromatic N) is 2. The molecular weight excluding hydrogens is 426 g/mol. The Morgan fingerprint density at radius 2 is 1.87 bits per heavy atom. The number of rotatable bonds is 6. The summed E-state index contributed by atoms with van der Waals surface area (Å²) in [6, 6.07) is 7.35. The molecule has 2 amide bonds. The molecule has 1 aliphatic rings. The van der Waals surface area contributed by atoms with Gasteiger partial charge in [0.25, 0.3) is 11.8 Å². The fourth-order valence-corrected chi connectivity index (χ4v) is 4.73. The first-order chi connectivity index (χ1) is 14.7. The highest BCUT2D eigenvalue weighted by Crippen LogP contribution is 2.22. The summed E-state index contributed by atoms with van der Waals surface area (Å²) in [4.78, 5) is 36.3. The van der Waals surface area contributed by atoms with E-state index in [0.29, 0.717) is 18.8 Å². The summed E-state index contributed by atoms with van der Waals surface area (Å²) in [5.41, 5.74) is 0.740. The molecule has 0 atom stereocenters. The van der Waals surface area contributed by atoms with Gasteiger partial charge in [-0.2, -0.15) is 4.31 Å². The molecule has 10 nitrogen and oxygen atoms in total. The van der Waals surface area contributed by atoms with E-state index < -0.39 is 34.4 Å². The largest absolute Gasteiger partial charge is 0.452 e. The molecule has 2 heterocycles. The third kappa shape index (κ3) is 5.19. The second-order valence-electron chi connectivity index (χ2n) is 6.95. The van der Waals surface area contributed by atoms with E-state index >= 15 is 0 Å². The van der Waals surface area contributed by atoms with E-state index in [1.54, 1.807) is 26.2 Å². The van der Waals surface area contributed by atoms with Crippen LogP contribution in [0.25, 0.3) is 0 Å². The van der Waals surface area contributed by atoms with E-state index in [-0.39, 0.29) is 29.2 Å². The number of nitrogens with one attached hydrogen (secondary N) is 1. The van der Waals surface area contributed by atoms with Crippen molar-refractivity contribution in [1.29, 1.82) is 0 Å². The third-order valence-corrected chi connectivity index (χ3v) is 6.82. The Morgan fingerprint density at radius 1 is 1.16 bits per heavy atom. The highest BCUT2D eigenvalue weighted by molar-refractivity contribution is 7.89. The van der Waals surface area contributed by atoms with E-state index in [9.17, 15) is 22.8 Å². The smallest absolute Gasteiger partial charge is 0.338 e. The fourth-order valence-electron chi connectivity index (χ4n) is 3.07. The van der Waals surface area contributed by atoms with Crippen LogP contribution >= 0.6 is 0 Å². The van der Waals surface area contributed by atoms with E-state index in [0.717, 1.165) is 0 Å². The Kier molecular flexibility index (Phi) is 6.88. The van der Waals surface area contributed by atoms with Gasteiger partial charge in [-0.05, 0) is 36.8 Å². The maximum atomic E-state index is 12.9. The van der Waals surface area contributed by atoms with E-state index in [4.69, 9.17) is 9.47 Å². The van der Waals surface area contributed by atoms with Crippen LogP contribution in [0.2, 0.25) is 0 Å². The molecule has 3 rings (SSSR count). The van der Waals surface area contributed by atoms with Crippen molar-refractivity contribution in [1.82, 2.24) is 14.2 Å². The van der Waals surface area contributed by atoms with E-state index in [1.165, 1.54) is 33.1 Å². The number of morpholine rings is 1. The number of aryl methyl sites for hydroxylation is 2. The highest BCUT2D eigenvalue weighted by Gasteiger charge is 2.28. The van der Waals surface area contributed by atoms with Crippen LogP contribution < -0.4 is 5.32 Å². The molecule has 0 aliphatic carbocycles. The molecule has 1 aliphatic heterocycles. The molecule has 11 heteroatoms. The van der Waals surface area contributed by atoms with Gasteiger partial charge in [-0.3, -0.25) is 14.9 Å². The zero-order valence-corrected chi connectivity index (χ0v) is 18.0. The zero-order chi connectivity index (χ0) is 22.6. The number of hydrogen-bond donors (Lipinski definition) is 1. The van der Waals surface area contributed by atoms with Crippen molar-refractivity contribution in [3.05, 3.63) is 53.3 Å². The molecule has 31 heavy (non-hydrogen) atoms. The van der Waals surface area contributed by atoms with Gasteiger partial charge in [-0.15, -0.1) is 0 Å². The molecule has 0 spiro atoms. The van der Waals surface area contributed by atoms with Crippen molar-refractivity contribution in [2.45, 2.75) is 11.8 Å². The van der Waals surface area contributed by atoms with Crippen LogP contribution in [0.5, 0.6) is 0 Å². The predicted molar refractivity (Wildman–Crippen MR) is 109 cm³/mol. The van der Waals surface area contributed by atoms with E-state index in [2.05, 4.69) is 5.32 Å². The lowest BCUT2D eigenvalue weighted by atomic mass is 10.1. The number of benzene rings is 1. The van der Waals surface area contributed by atoms with Crippen molar-refractivity contribution in [2.75, 3.05) is 32.9 Å². The number of carbonyl (C=O) groups is 3. The van der Waals surface area contributed by atoms with Crippen LogP contribution in [0.4, 0.5) is 0 Å². The number of ether oxygens (including phenoxy) is 2. The summed E-state index contributed by atoms with van der Waals surface area (Å²) < 4.78 is 38.8. The Morgan fingerprint density at radius 3 is 2.52 bits per heavy atom. The Hall–Kier alpha value is -3.02. The molecule has 0 radical (unpaired) electrons. The third-order valence-electron chi connectivity index (χ3n) is 4.78. The molecule has 2 aromatic rings. The fraction of sp³-hybridized carbons (Fsp3) is 0.350. The number of hydrogen-bond acceptors (Lipinski definition) is 7. The van der Waals surface area contributed by atoms with Crippen LogP contribution in [0, 0.1) is 6.92 Å². The van der Waals surface area contributed by atoms with Gasteiger partial charge in [-0.25, -0.2) is 13.2 Å². The van der Waals surface area contributed by atoms with Crippen LogP contribution in [0.15, 0.2) is 41.4 Å². The molecular formula is C20H23N3O7S. The number of imide groups is 1. The number of aromatic nitrogens is 1. The lowest BCUT2D eigenvalue weighted by molar-refractivity contribution is -0.123. The van der Waals surface area contributed by atoms with Gasteiger partial charge < -0.3 is 14.0 Å². The average Bonchev–Trinajstić information content (AvgIpc) is 3.19. The monoisotopic (exact) mass is 449 g/mol. The van der Waals surface area contributed by atoms with Gasteiger partial charge in [0, 0.05) is 26.3 Å². The second-order valence-corrected chi connectivity index (χ2v) is 8.86. The Labute approximate surface area is 179 Å². The standard InChI is InChI=1S/C20H23N3O7S/c1-14-5-6-15(12-17(14)31(27,28)23-8-10-29-11-9-23)20(26)30-13-18(24)21-19(25)16-4-3-7-22(16)2/h3-7,12H,8-11,13H2,1-2H3,(H,21,24,25). The van der Waals surface area contributed by atoms with Gasteiger partial charge in [-0.1, -0.05) is 6.07 Å². The van der Waals surface area contributed by atoms with Crippen molar-refractivity contribution in [2.24, 2.45) is 7.05 Å². The maximum absolute atomic E-state index is 12.9. The number of sulfonamides is 1. The lowest BCUT2D eigenvalue weighted by Crippen LogP contribution is -2.40. The van der Waals surface area contributed by atoms with Gasteiger partial charge in [0.05, 0.1) is 23.7 Å². The molecule has 1 aromatic heterocycles. The SMILES string of the molecule is Cc1ccc(C(=O)OCC(=O)NC(=O)c2cccn2C)cc1S(=O)(=O)N1CCOCC1. The molecule has 1 aromatic carbocycles. The highest BCUT2D eigenvalue weighted by atomic mass is 32.2. The van der Waals surface area contributed by atoms with E-state index in [1.807, 2.05) is 0 Å². The molecule has 0 unspecified atom stereocenters. The first-order valence-corrected chi connectivity index (χ1v) is 11.0.